The van der Waals surface area contributed by atoms with Gasteiger partial charge in [0, 0.05) is 6.20 Å². The number of hydrogen-bond donors (Lipinski definition) is 0. The number of carbonyl (C=O) groups excluding carboxylic acids is 1. The number of alkyl halides is 6. The van der Waals surface area contributed by atoms with Crippen LogP contribution < -0.4 is 0 Å². The summed E-state index contributed by atoms with van der Waals surface area (Å²) in [5.41, 5.74) is -3.23. The van der Waals surface area contributed by atoms with Crippen molar-refractivity contribution in [3.05, 3.63) is 90.1 Å². The molecule has 0 aliphatic heterocycles. The molecule has 0 saturated heterocycles. The third-order valence-electron chi connectivity index (χ3n) is 3.05. The smallest absolute Gasteiger partial charge is 0.573 e. The van der Waals surface area contributed by atoms with Crippen LogP contribution >= 0.6 is 0 Å². The minimum atomic E-state index is -4.91. The Morgan fingerprint density at radius 1 is 0.828 bits per heavy atom. The van der Waals surface area contributed by atoms with Gasteiger partial charge in [0.1, 0.15) is 0 Å². The van der Waals surface area contributed by atoms with Gasteiger partial charge in [0.05, 0.1) is 0 Å². The molecule has 0 amide bonds. The minimum absolute atomic E-state index is 0. The van der Waals surface area contributed by atoms with Crippen molar-refractivity contribution in [3.8, 4) is 11.3 Å². The maximum Gasteiger partial charge on any atom is 3.00 e. The molecule has 0 unspecified atom stereocenters. The number of rotatable bonds is 1. The topological polar surface area (TPSA) is 30.0 Å². The van der Waals surface area contributed by atoms with Gasteiger partial charge >= 0.3 is 32.5 Å². The van der Waals surface area contributed by atoms with E-state index in [1.54, 1.807) is 0 Å². The van der Waals surface area contributed by atoms with E-state index < -0.39 is 23.5 Å². The van der Waals surface area contributed by atoms with Crippen molar-refractivity contribution in [2.24, 2.45) is 0 Å². The number of nitrogens with zero attached hydrogens (tertiary/aromatic N) is 1. The first-order chi connectivity index (χ1) is 13.2. The summed E-state index contributed by atoms with van der Waals surface area (Å²) in [4.78, 5) is 11.2. The standard InChI is InChI=1S/C13H6F6N.C6H5.CO.Ir/c14-12(15,16)9-5-8(11-3-1-2-4-20-11)6-10(7-9)13(17,18)19;1-2-4-6-5-3-1;1-2;/h1-5,7H;1-5H;;/q3*-1;+3. The van der Waals surface area contributed by atoms with Crippen LogP contribution in [-0.4, -0.2) is 11.8 Å². The molecule has 1 aromatic heterocycles. The van der Waals surface area contributed by atoms with E-state index in [0.717, 1.165) is 0 Å². The molecule has 2 aromatic carbocycles. The normalized spacial score (nSPS) is 10.4. The summed E-state index contributed by atoms with van der Waals surface area (Å²) in [5, 5.41) is 0. The van der Waals surface area contributed by atoms with E-state index in [4.69, 9.17) is 4.79 Å². The molecule has 9 heteroatoms. The van der Waals surface area contributed by atoms with E-state index >= 15 is 0 Å². The molecule has 0 aliphatic rings. The predicted octanol–water partition coefficient (Wildman–Crippen LogP) is 5.67. The fraction of sp³-hybridized carbons (Fsp3) is 0.100. The molecule has 0 N–H and O–H groups in total. The fourth-order valence-corrected chi connectivity index (χ4v) is 1.89. The molecule has 0 saturated carbocycles. The van der Waals surface area contributed by atoms with Gasteiger partial charge in [-0.15, -0.1) is 23.8 Å². The summed E-state index contributed by atoms with van der Waals surface area (Å²) in [6, 6.07) is 19.3. The van der Waals surface area contributed by atoms with Crippen molar-refractivity contribution in [2.75, 3.05) is 0 Å². The quantitative estimate of drug-likeness (QED) is 0.271. The first-order valence-corrected chi connectivity index (χ1v) is 7.42. The predicted molar refractivity (Wildman–Crippen MR) is 89.5 cm³/mol. The fourth-order valence-electron chi connectivity index (χ4n) is 1.89. The molecule has 3 aromatic rings. The first kappa shape index (κ1) is 26.5. The molecule has 0 spiro atoms. The third kappa shape index (κ3) is 9.02. The number of pyridine rings is 1. The summed E-state index contributed by atoms with van der Waals surface area (Å²) in [7, 11) is 0. The molecule has 0 aliphatic carbocycles. The summed E-state index contributed by atoms with van der Waals surface area (Å²) in [6.45, 7) is 4.50. The molecular formula is C20H11F6IrNO. The summed E-state index contributed by atoms with van der Waals surface area (Å²) in [5.74, 6) is 0. The maximum absolute atomic E-state index is 12.7. The molecule has 0 atom stereocenters. The van der Waals surface area contributed by atoms with Gasteiger partial charge in [-0.1, -0.05) is 12.1 Å². The number of aromatic nitrogens is 1. The van der Waals surface area contributed by atoms with Crippen molar-refractivity contribution in [2.45, 2.75) is 12.4 Å². The zero-order valence-corrected chi connectivity index (χ0v) is 16.7. The van der Waals surface area contributed by atoms with E-state index in [9.17, 15) is 26.3 Å². The van der Waals surface area contributed by atoms with Gasteiger partial charge in [-0.3, -0.25) is 0 Å². The van der Waals surface area contributed by atoms with Gasteiger partial charge in [-0.05, 0) is 22.9 Å². The van der Waals surface area contributed by atoms with E-state index in [2.05, 4.69) is 17.8 Å². The summed E-state index contributed by atoms with van der Waals surface area (Å²) < 4.78 is 75.8. The number of halogens is 6. The zero-order valence-electron chi connectivity index (χ0n) is 14.3. The Hall–Kier alpha value is -2.51. The number of benzene rings is 2. The van der Waals surface area contributed by atoms with Crippen molar-refractivity contribution in [3.63, 3.8) is 0 Å². The van der Waals surface area contributed by atoms with Crippen molar-refractivity contribution >= 4 is 6.79 Å². The Balaban J connectivity index is 0.000000737. The Labute approximate surface area is 177 Å². The summed E-state index contributed by atoms with van der Waals surface area (Å²) >= 11 is 0. The average molecular weight is 588 g/mol. The Kier molecular flexibility index (Phi) is 11.1. The van der Waals surface area contributed by atoms with Crippen LogP contribution in [-0.2, 0) is 37.3 Å². The van der Waals surface area contributed by atoms with Crippen LogP contribution in [0.4, 0.5) is 26.3 Å². The molecule has 2 nitrogen and oxygen atoms in total. The van der Waals surface area contributed by atoms with Gasteiger partial charge in [-0.2, -0.15) is 62.7 Å². The molecule has 1 radical (unpaired) electrons. The van der Waals surface area contributed by atoms with E-state index in [1.807, 2.05) is 36.4 Å². The number of hydrogen-bond acceptors (Lipinski definition) is 2. The third-order valence-corrected chi connectivity index (χ3v) is 3.05. The maximum atomic E-state index is 12.7. The second kappa shape index (κ2) is 12.1. The SMILES string of the molecule is FC(F)(F)c1[c-]c(-c2ccccn2)cc(C(F)(F)F)c1.[C-]=O.[Ir+3].[c-]1ccccc1. The van der Waals surface area contributed by atoms with Crippen LogP contribution in [0, 0.1) is 12.1 Å². The van der Waals surface area contributed by atoms with E-state index in [0.29, 0.717) is 6.07 Å². The van der Waals surface area contributed by atoms with Gasteiger partial charge in [-0.25, -0.2) is 0 Å². The molecule has 29 heavy (non-hydrogen) atoms. The van der Waals surface area contributed by atoms with E-state index in [-0.39, 0.29) is 37.4 Å². The molecule has 0 bridgehead atoms. The molecule has 3 rings (SSSR count). The summed E-state index contributed by atoms with van der Waals surface area (Å²) in [6.07, 6.45) is -8.51. The first-order valence-electron chi connectivity index (χ1n) is 7.42. The Morgan fingerprint density at radius 3 is 1.83 bits per heavy atom. The van der Waals surface area contributed by atoms with Gasteiger partial charge in [0.2, 0.25) is 0 Å². The van der Waals surface area contributed by atoms with Crippen LogP contribution in [0.15, 0.2) is 66.9 Å². The van der Waals surface area contributed by atoms with Gasteiger partial charge < -0.3 is 16.6 Å². The average Bonchev–Trinajstić information content (AvgIpc) is 2.70. The van der Waals surface area contributed by atoms with Crippen LogP contribution in [0.25, 0.3) is 11.3 Å². The van der Waals surface area contributed by atoms with Crippen LogP contribution in [0.3, 0.4) is 0 Å². The molecule has 153 valence electrons. The second-order valence-electron chi connectivity index (χ2n) is 4.98. The van der Waals surface area contributed by atoms with Crippen molar-refractivity contribution < 1.29 is 51.2 Å². The van der Waals surface area contributed by atoms with Crippen molar-refractivity contribution in [1.29, 1.82) is 0 Å². The zero-order chi connectivity index (χ0) is 21.2. The van der Waals surface area contributed by atoms with Crippen molar-refractivity contribution in [1.82, 2.24) is 4.98 Å². The monoisotopic (exact) mass is 588 g/mol. The van der Waals surface area contributed by atoms with Crippen LogP contribution in [0.5, 0.6) is 0 Å². The van der Waals surface area contributed by atoms with Gasteiger partial charge in [0.25, 0.3) is 0 Å². The van der Waals surface area contributed by atoms with Gasteiger partial charge in [0.15, 0.2) is 0 Å². The molecular weight excluding hydrogens is 576 g/mol. The minimum Gasteiger partial charge on any atom is -0.573 e. The molecule has 1 heterocycles. The van der Waals surface area contributed by atoms with Crippen LogP contribution in [0.1, 0.15) is 11.1 Å². The Bertz CT molecular complexity index is 780. The Morgan fingerprint density at radius 2 is 1.45 bits per heavy atom. The second-order valence-corrected chi connectivity index (χ2v) is 4.98. The largest absolute Gasteiger partial charge is 3.00 e. The van der Waals surface area contributed by atoms with Crippen LogP contribution in [0.2, 0.25) is 0 Å². The molecule has 0 fully saturated rings. The van der Waals surface area contributed by atoms with E-state index in [1.165, 1.54) is 24.4 Å².